The fraction of sp³-hybridized carbons (Fsp3) is 0.353. The molecule has 0 aliphatic carbocycles. The molecule has 3 rings (SSSR count). The summed E-state index contributed by atoms with van der Waals surface area (Å²) < 4.78 is 3.98. The van der Waals surface area contributed by atoms with Gasteiger partial charge >= 0.3 is 0 Å². The molecule has 0 fully saturated rings. The first-order chi connectivity index (χ1) is 10.5. The van der Waals surface area contributed by atoms with Gasteiger partial charge in [0.2, 0.25) is 0 Å². The summed E-state index contributed by atoms with van der Waals surface area (Å²) in [6.07, 6.45) is 0. The second-order valence-corrected chi connectivity index (χ2v) is 5.79. The van der Waals surface area contributed by atoms with Crippen LogP contribution in [0.2, 0.25) is 0 Å². The Morgan fingerprint density at radius 3 is 1.59 bits per heavy atom. The minimum absolute atomic E-state index is 0.699. The van der Waals surface area contributed by atoms with Crippen molar-refractivity contribution in [3.8, 4) is 0 Å². The molecule has 3 heterocycles. The third kappa shape index (κ3) is 3.08. The fourth-order valence-electron chi connectivity index (χ4n) is 2.68. The van der Waals surface area contributed by atoms with Gasteiger partial charge in [-0.3, -0.25) is 14.3 Å². The predicted octanol–water partition coefficient (Wildman–Crippen LogP) is 2.80. The molecule has 5 nitrogen and oxygen atoms in total. The Hall–Kier alpha value is -2.43. The van der Waals surface area contributed by atoms with Crippen LogP contribution in [0, 0.1) is 27.7 Å². The zero-order valence-corrected chi connectivity index (χ0v) is 13.5. The molecule has 0 saturated heterocycles. The van der Waals surface area contributed by atoms with Gasteiger partial charge in [0.05, 0.1) is 35.9 Å². The van der Waals surface area contributed by atoms with Gasteiger partial charge in [0, 0.05) is 11.4 Å². The van der Waals surface area contributed by atoms with Crippen LogP contribution in [0.4, 0.5) is 0 Å². The van der Waals surface area contributed by atoms with Gasteiger partial charge in [-0.1, -0.05) is 6.07 Å². The largest absolute Gasteiger partial charge is 0.264 e. The van der Waals surface area contributed by atoms with E-state index in [4.69, 9.17) is 4.98 Å². The normalized spacial score (nSPS) is 11.1. The lowest BCUT2D eigenvalue weighted by Gasteiger charge is -2.08. The summed E-state index contributed by atoms with van der Waals surface area (Å²) in [5.74, 6) is 0. The van der Waals surface area contributed by atoms with E-state index in [1.54, 1.807) is 0 Å². The number of aryl methyl sites for hydroxylation is 4. The smallest absolute Gasteiger partial charge is 0.0834 e. The third-order valence-electron chi connectivity index (χ3n) is 3.69. The monoisotopic (exact) mass is 295 g/mol. The van der Waals surface area contributed by atoms with Crippen LogP contribution >= 0.6 is 0 Å². The van der Waals surface area contributed by atoms with Crippen molar-refractivity contribution < 1.29 is 0 Å². The minimum atomic E-state index is 0.699. The summed E-state index contributed by atoms with van der Waals surface area (Å²) in [7, 11) is 0. The Balaban J connectivity index is 1.80. The van der Waals surface area contributed by atoms with Crippen LogP contribution in [0.5, 0.6) is 0 Å². The van der Waals surface area contributed by atoms with Crippen molar-refractivity contribution in [2.75, 3.05) is 0 Å². The SMILES string of the molecule is Cc1cc(C)n(Cc2cccc(Cn3nc(C)cc3C)n2)n1. The van der Waals surface area contributed by atoms with Crippen LogP contribution < -0.4 is 0 Å². The Bertz CT molecular complexity index is 734. The van der Waals surface area contributed by atoms with Gasteiger partial charge in [-0.2, -0.15) is 10.2 Å². The standard InChI is InChI=1S/C17H21N5/c1-12-8-14(3)21(19-12)10-16-6-5-7-17(18-16)11-22-15(4)9-13(2)20-22/h5-9H,10-11H2,1-4H3. The Morgan fingerprint density at radius 1 is 0.773 bits per heavy atom. The molecule has 0 saturated carbocycles. The second kappa shape index (κ2) is 5.75. The van der Waals surface area contributed by atoms with E-state index < -0.39 is 0 Å². The first-order valence-electron chi connectivity index (χ1n) is 7.48. The summed E-state index contributed by atoms with van der Waals surface area (Å²) in [4.78, 5) is 4.74. The van der Waals surface area contributed by atoms with Crippen molar-refractivity contribution in [2.45, 2.75) is 40.8 Å². The number of pyridine rings is 1. The first-order valence-corrected chi connectivity index (χ1v) is 7.48. The maximum Gasteiger partial charge on any atom is 0.0834 e. The second-order valence-electron chi connectivity index (χ2n) is 5.79. The lowest BCUT2D eigenvalue weighted by atomic mass is 10.3. The zero-order valence-electron chi connectivity index (χ0n) is 13.5. The quantitative estimate of drug-likeness (QED) is 0.743. The average Bonchev–Trinajstić information content (AvgIpc) is 2.92. The summed E-state index contributed by atoms with van der Waals surface area (Å²) in [6, 6.07) is 10.3. The summed E-state index contributed by atoms with van der Waals surface area (Å²) in [5.41, 5.74) is 6.43. The van der Waals surface area contributed by atoms with E-state index in [2.05, 4.69) is 42.2 Å². The van der Waals surface area contributed by atoms with Crippen LogP contribution in [-0.4, -0.2) is 24.5 Å². The van der Waals surface area contributed by atoms with Gasteiger partial charge in [-0.25, -0.2) is 0 Å². The van der Waals surface area contributed by atoms with E-state index in [1.807, 2.05) is 35.3 Å². The molecule has 0 amide bonds. The summed E-state index contributed by atoms with van der Waals surface area (Å²) in [5, 5.41) is 8.99. The van der Waals surface area contributed by atoms with E-state index >= 15 is 0 Å². The average molecular weight is 295 g/mol. The highest BCUT2D eigenvalue weighted by atomic mass is 15.3. The van der Waals surface area contributed by atoms with Crippen molar-refractivity contribution in [2.24, 2.45) is 0 Å². The maximum absolute atomic E-state index is 4.74. The van der Waals surface area contributed by atoms with Gasteiger partial charge < -0.3 is 0 Å². The lowest BCUT2D eigenvalue weighted by Crippen LogP contribution is -2.09. The predicted molar refractivity (Wildman–Crippen MR) is 85.8 cm³/mol. The number of hydrogen-bond acceptors (Lipinski definition) is 3. The van der Waals surface area contributed by atoms with Crippen LogP contribution in [0.15, 0.2) is 30.3 Å². The lowest BCUT2D eigenvalue weighted by molar-refractivity contribution is 0.624. The van der Waals surface area contributed by atoms with Crippen molar-refractivity contribution in [3.63, 3.8) is 0 Å². The molecule has 22 heavy (non-hydrogen) atoms. The van der Waals surface area contributed by atoms with Gasteiger partial charge in [0.25, 0.3) is 0 Å². The maximum atomic E-state index is 4.74. The molecule has 3 aromatic heterocycles. The Labute approximate surface area is 130 Å². The third-order valence-corrected chi connectivity index (χ3v) is 3.69. The van der Waals surface area contributed by atoms with Crippen LogP contribution in [0.25, 0.3) is 0 Å². The number of aromatic nitrogens is 5. The van der Waals surface area contributed by atoms with E-state index in [-0.39, 0.29) is 0 Å². The molecule has 0 atom stereocenters. The highest BCUT2D eigenvalue weighted by molar-refractivity contribution is 5.15. The van der Waals surface area contributed by atoms with Crippen LogP contribution in [-0.2, 0) is 13.1 Å². The number of hydrogen-bond donors (Lipinski definition) is 0. The summed E-state index contributed by atoms with van der Waals surface area (Å²) >= 11 is 0. The molecule has 0 bridgehead atoms. The van der Waals surface area contributed by atoms with Crippen LogP contribution in [0.1, 0.15) is 34.2 Å². The molecule has 0 radical (unpaired) electrons. The molecule has 0 aliphatic rings. The van der Waals surface area contributed by atoms with E-state index in [0.717, 1.165) is 34.2 Å². The zero-order chi connectivity index (χ0) is 15.7. The van der Waals surface area contributed by atoms with E-state index in [9.17, 15) is 0 Å². The van der Waals surface area contributed by atoms with E-state index in [0.29, 0.717) is 13.1 Å². The number of nitrogens with zero attached hydrogens (tertiary/aromatic N) is 5. The molecular weight excluding hydrogens is 274 g/mol. The molecule has 0 N–H and O–H groups in total. The highest BCUT2D eigenvalue weighted by Gasteiger charge is 2.06. The highest BCUT2D eigenvalue weighted by Crippen LogP contribution is 2.09. The molecule has 114 valence electrons. The molecule has 5 heteroatoms. The van der Waals surface area contributed by atoms with Gasteiger partial charge in [0.1, 0.15) is 0 Å². The first kappa shape index (κ1) is 14.5. The van der Waals surface area contributed by atoms with Crippen molar-refractivity contribution in [1.29, 1.82) is 0 Å². The van der Waals surface area contributed by atoms with E-state index in [1.165, 1.54) is 0 Å². The Kier molecular flexibility index (Phi) is 3.79. The van der Waals surface area contributed by atoms with Crippen molar-refractivity contribution >= 4 is 0 Å². The van der Waals surface area contributed by atoms with Crippen LogP contribution in [0.3, 0.4) is 0 Å². The van der Waals surface area contributed by atoms with Gasteiger partial charge in [-0.15, -0.1) is 0 Å². The van der Waals surface area contributed by atoms with Gasteiger partial charge in [0.15, 0.2) is 0 Å². The fourth-order valence-corrected chi connectivity index (χ4v) is 2.68. The molecular formula is C17H21N5. The van der Waals surface area contributed by atoms with Gasteiger partial charge in [-0.05, 0) is 52.0 Å². The topological polar surface area (TPSA) is 48.5 Å². The number of rotatable bonds is 4. The molecule has 0 aromatic carbocycles. The van der Waals surface area contributed by atoms with Crippen molar-refractivity contribution in [3.05, 3.63) is 64.5 Å². The molecule has 0 spiro atoms. The summed E-state index contributed by atoms with van der Waals surface area (Å²) in [6.45, 7) is 9.56. The minimum Gasteiger partial charge on any atom is -0.264 e. The molecule has 3 aromatic rings. The molecule has 0 unspecified atom stereocenters. The Morgan fingerprint density at radius 2 is 1.23 bits per heavy atom. The van der Waals surface area contributed by atoms with Crippen molar-refractivity contribution in [1.82, 2.24) is 24.5 Å². The molecule has 0 aliphatic heterocycles.